The first-order valence-electron chi connectivity index (χ1n) is 12.2. The second-order valence-corrected chi connectivity index (χ2v) is 10.1. The molecule has 3 saturated carbocycles. The number of ether oxygens (including phenoxy) is 1. The molecule has 7 nitrogen and oxygen atoms in total. The van der Waals surface area contributed by atoms with E-state index in [0.717, 1.165) is 6.07 Å². The number of carboxylic acid groups (broad SMARTS) is 1. The highest BCUT2D eigenvalue weighted by atomic mass is 19.4. The Morgan fingerprint density at radius 1 is 0.947 bits per heavy atom. The van der Waals surface area contributed by atoms with Crippen molar-refractivity contribution in [3.05, 3.63) is 60.2 Å². The number of aromatic amines is 1. The van der Waals surface area contributed by atoms with Gasteiger partial charge in [-0.15, -0.1) is 0 Å². The number of aromatic nitrogens is 4. The van der Waals surface area contributed by atoms with E-state index in [4.69, 9.17) is 4.74 Å². The number of aliphatic carboxylic acids is 1. The molecule has 38 heavy (non-hydrogen) atoms. The molecule has 3 aromatic heterocycles. The first-order valence-corrected chi connectivity index (χ1v) is 12.2. The molecule has 0 aliphatic heterocycles. The molecule has 3 aliphatic carbocycles. The number of rotatable bonds is 5. The number of hydrogen-bond acceptors (Lipinski definition) is 5. The first-order chi connectivity index (χ1) is 18.1. The number of carboxylic acids is 1. The summed E-state index contributed by atoms with van der Waals surface area (Å²) in [5.41, 5.74) is -0.677. The highest BCUT2D eigenvalue weighted by Gasteiger charge is 2.54. The van der Waals surface area contributed by atoms with Gasteiger partial charge < -0.3 is 14.8 Å². The van der Waals surface area contributed by atoms with Gasteiger partial charge in [-0.1, -0.05) is 6.07 Å². The summed E-state index contributed by atoms with van der Waals surface area (Å²) in [6, 6.07) is 10.0. The van der Waals surface area contributed by atoms with Crippen LogP contribution in [-0.4, -0.2) is 36.6 Å². The van der Waals surface area contributed by atoms with Gasteiger partial charge in [0.15, 0.2) is 5.65 Å². The Bertz CT molecular complexity index is 1520. The first kappa shape index (κ1) is 24.3. The number of H-pyrrole nitrogens is 1. The van der Waals surface area contributed by atoms with E-state index >= 15 is 4.39 Å². The van der Waals surface area contributed by atoms with Crippen molar-refractivity contribution in [3.8, 4) is 28.4 Å². The van der Waals surface area contributed by atoms with Crippen molar-refractivity contribution in [1.29, 1.82) is 0 Å². The van der Waals surface area contributed by atoms with Crippen molar-refractivity contribution in [2.45, 2.75) is 50.3 Å². The zero-order valence-electron chi connectivity index (χ0n) is 20.0. The number of nitrogens with zero attached hydrogens (tertiary/aromatic N) is 3. The Hall–Kier alpha value is -4.02. The van der Waals surface area contributed by atoms with Crippen LogP contribution in [0.3, 0.4) is 0 Å². The predicted molar refractivity (Wildman–Crippen MR) is 129 cm³/mol. The Kier molecular flexibility index (Phi) is 5.44. The summed E-state index contributed by atoms with van der Waals surface area (Å²) in [6.45, 7) is 0. The lowest BCUT2D eigenvalue weighted by atomic mass is 9.58. The summed E-state index contributed by atoms with van der Waals surface area (Å²) in [5, 5.41) is 9.57. The molecular weight excluding hydrogens is 504 g/mol. The fourth-order valence-corrected chi connectivity index (χ4v) is 5.52. The van der Waals surface area contributed by atoms with E-state index in [1.165, 1.54) is 18.2 Å². The van der Waals surface area contributed by atoms with Crippen LogP contribution in [0.25, 0.3) is 33.7 Å². The van der Waals surface area contributed by atoms with E-state index < -0.39 is 34.7 Å². The van der Waals surface area contributed by atoms with Crippen molar-refractivity contribution in [2.24, 2.45) is 5.41 Å². The van der Waals surface area contributed by atoms with Crippen LogP contribution >= 0.6 is 0 Å². The van der Waals surface area contributed by atoms with Gasteiger partial charge in [0.1, 0.15) is 22.9 Å². The average Bonchev–Trinajstić information content (AvgIpc) is 3.32. The fraction of sp³-hybridized carbons (Fsp3) is 0.333. The van der Waals surface area contributed by atoms with Crippen LogP contribution < -0.4 is 4.74 Å². The number of pyridine rings is 2. The fourth-order valence-electron chi connectivity index (χ4n) is 5.52. The van der Waals surface area contributed by atoms with Gasteiger partial charge in [0.2, 0.25) is 5.88 Å². The average molecular weight is 526 g/mol. The molecule has 1 aromatic carbocycles. The highest BCUT2D eigenvalue weighted by Crippen LogP contribution is 2.53. The topological polar surface area (TPSA) is 101 Å². The van der Waals surface area contributed by atoms with Gasteiger partial charge >= 0.3 is 12.1 Å². The minimum absolute atomic E-state index is 0.0730. The number of alkyl halides is 3. The number of imidazole rings is 1. The Labute approximate surface area is 213 Å². The number of hydrogen-bond donors (Lipinski definition) is 2. The molecule has 196 valence electrons. The Morgan fingerprint density at radius 2 is 1.66 bits per heavy atom. The number of carbonyl (C=O) groups is 1. The standard InChI is InChI=1S/C27H22F4N4O3/c28-18-13-15(1-3-17(18)22-33-19-4-5-20(27(29,30)31)34-23(19)35-22)16-2-6-21(32-14-16)38-26-10-7-25(8-11-26,9-12-26)24(36)37/h1-6,13-14H,7-12H2,(H,36,37)(H,33,34,35). The molecule has 3 fully saturated rings. The molecular formula is C27H22F4N4O3. The molecule has 2 bridgehead atoms. The lowest BCUT2D eigenvalue weighted by molar-refractivity contribution is -0.162. The maximum absolute atomic E-state index is 15.0. The van der Waals surface area contributed by atoms with Crippen LogP contribution in [0.1, 0.15) is 44.2 Å². The third-order valence-electron chi connectivity index (χ3n) is 7.88. The normalized spacial score (nSPS) is 23.1. The van der Waals surface area contributed by atoms with Gasteiger partial charge in [0.25, 0.3) is 0 Å². The summed E-state index contributed by atoms with van der Waals surface area (Å²) in [4.78, 5) is 26.4. The van der Waals surface area contributed by atoms with Gasteiger partial charge in [-0.3, -0.25) is 4.79 Å². The molecule has 0 amide bonds. The van der Waals surface area contributed by atoms with Gasteiger partial charge in [-0.25, -0.2) is 19.3 Å². The summed E-state index contributed by atoms with van der Waals surface area (Å²) in [7, 11) is 0. The molecule has 3 aliphatic rings. The number of benzene rings is 1. The maximum atomic E-state index is 15.0. The summed E-state index contributed by atoms with van der Waals surface area (Å²) in [6.07, 6.45) is 0.772. The third-order valence-corrected chi connectivity index (χ3v) is 7.88. The monoisotopic (exact) mass is 526 g/mol. The second kappa shape index (κ2) is 8.50. The minimum atomic E-state index is -4.60. The van der Waals surface area contributed by atoms with E-state index in [0.29, 0.717) is 55.5 Å². The zero-order chi connectivity index (χ0) is 26.7. The predicted octanol–water partition coefficient (Wildman–Crippen LogP) is 6.40. The largest absolute Gasteiger partial charge is 0.481 e. The van der Waals surface area contributed by atoms with Crippen LogP contribution in [0.4, 0.5) is 17.6 Å². The molecule has 7 rings (SSSR count). The zero-order valence-corrected chi connectivity index (χ0v) is 20.0. The van der Waals surface area contributed by atoms with Gasteiger partial charge in [0, 0.05) is 17.8 Å². The van der Waals surface area contributed by atoms with Gasteiger partial charge in [0.05, 0.1) is 16.5 Å². The van der Waals surface area contributed by atoms with Crippen LogP contribution in [0, 0.1) is 11.2 Å². The van der Waals surface area contributed by atoms with Crippen molar-refractivity contribution in [1.82, 2.24) is 19.9 Å². The second-order valence-electron chi connectivity index (χ2n) is 10.1. The van der Waals surface area contributed by atoms with Gasteiger partial charge in [-0.2, -0.15) is 13.2 Å². The molecule has 0 unspecified atom stereocenters. The van der Waals surface area contributed by atoms with Crippen molar-refractivity contribution in [2.75, 3.05) is 0 Å². The Balaban J connectivity index is 1.19. The highest BCUT2D eigenvalue weighted by molar-refractivity contribution is 5.77. The SMILES string of the molecule is O=C(O)C12CCC(Oc3ccc(-c4ccc(-c5nc6nc(C(F)(F)F)ccc6[nH]5)c(F)c4)cn3)(CC1)CC2. The molecule has 4 aromatic rings. The summed E-state index contributed by atoms with van der Waals surface area (Å²) < 4.78 is 60.1. The van der Waals surface area contributed by atoms with E-state index in [2.05, 4.69) is 19.9 Å². The van der Waals surface area contributed by atoms with E-state index in [1.54, 1.807) is 24.4 Å². The maximum Gasteiger partial charge on any atom is 0.433 e. The lowest BCUT2D eigenvalue weighted by Gasteiger charge is -2.50. The van der Waals surface area contributed by atoms with E-state index in [-0.39, 0.29) is 22.6 Å². The molecule has 0 atom stereocenters. The quantitative estimate of drug-likeness (QED) is 0.292. The molecule has 11 heteroatoms. The summed E-state index contributed by atoms with van der Waals surface area (Å²) in [5.74, 6) is -0.824. The van der Waals surface area contributed by atoms with Crippen molar-refractivity contribution < 1.29 is 32.2 Å². The smallest absolute Gasteiger partial charge is 0.433 e. The molecule has 0 saturated heterocycles. The van der Waals surface area contributed by atoms with Crippen LogP contribution in [0.15, 0.2) is 48.7 Å². The van der Waals surface area contributed by atoms with Crippen molar-refractivity contribution >= 4 is 17.1 Å². The van der Waals surface area contributed by atoms with Crippen molar-refractivity contribution in [3.63, 3.8) is 0 Å². The van der Waals surface area contributed by atoms with E-state index in [1.807, 2.05) is 0 Å². The van der Waals surface area contributed by atoms with Gasteiger partial charge in [-0.05, 0) is 74.4 Å². The third kappa shape index (κ3) is 4.15. The van der Waals surface area contributed by atoms with Crippen LogP contribution in [-0.2, 0) is 11.0 Å². The number of fused-ring (bicyclic) bond motifs is 4. The molecule has 0 spiro atoms. The van der Waals surface area contributed by atoms with Crippen LogP contribution in [0.2, 0.25) is 0 Å². The summed E-state index contributed by atoms with van der Waals surface area (Å²) >= 11 is 0. The molecule has 0 radical (unpaired) electrons. The Morgan fingerprint density at radius 3 is 2.26 bits per heavy atom. The van der Waals surface area contributed by atoms with E-state index in [9.17, 15) is 23.1 Å². The lowest BCUT2D eigenvalue weighted by Crippen LogP contribution is -2.52. The number of halogens is 4. The number of nitrogens with one attached hydrogen (secondary N) is 1. The molecule has 3 heterocycles. The molecule has 2 N–H and O–H groups in total. The van der Waals surface area contributed by atoms with Crippen LogP contribution in [0.5, 0.6) is 5.88 Å². The minimum Gasteiger partial charge on any atom is -0.481 e.